The predicted molar refractivity (Wildman–Crippen MR) is 129 cm³/mol. The number of rotatable bonds is 10. The van der Waals surface area contributed by atoms with Gasteiger partial charge in [0.2, 0.25) is 15.9 Å². The van der Waals surface area contributed by atoms with Crippen molar-refractivity contribution in [1.29, 1.82) is 0 Å². The number of nitrogens with one attached hydrogen (secondary N) is 1. The average Bonchev–Trinajstić information content (AvgIpc) is 3.32. The molecule has 0 unspecified atom stereocenters. The molecule has 0 bridgehead atoms. The maximum absolute atomic E-state index is 12.6. The highest BCUT2D eigenvalue weighted by Gasteiger charge is 2.21. The van der Waals surface area contributed by atoms with Gasteiger partial charge in [-0.25, -0.2) is 12.7 Å². The van der Waals surface area contributed by atoms with Crippen molar-refractivity contribution in [3.8, 4) is 0 Å². The van der Waals surface area contributed by atoms with Crippen LogP contribution in [0.3, 0.4) is 0 Å². The van der Waals surface area contributed by atoms with E-state index in [1.54, 1.807) is 36.2 Å². The van der Waals surface area contributed by atoms with Crippen LogP contribution in [-0.2, 0) is 27.0 Å². The van der Waals surface area contributed by atoms with E-state index in [-0.39, 0.29) is 24.6 Å². The fraction of sp³-hybridized carbons (Fsp3) is 0.391. The molecule has 1 amide bonds. The van der Waals surface area contributed by atoms with Crippen LogP contribution in [0.2, 0.25) is 5.02 Å². The second kappa shape index (κ2) is 10.9. The molecule has 1 N–H and O–H groups in total. The number of aliphatic imine (C=N–C) groups is 1. The lowest BCUT2D eigenvalue weighted by Crippen LogP contribution is -2.34. The number of carbonyl (C=O) groups is 1. The van der Waals surface area contributed by atoms with E-state index in [1.165, 1.54) is 11.4 Å². The number of carbonyl (C=O) groups excluding carboxylic acids is 1. The van der Waals surface area contributed by atoms with Gasteiger partial charge in [-0.2, -0.15) is 0 Å². The highest BCUT2D eigenvalue weighted by atomic mass is 35.5. The van der Waals surface area contributed by atoms with Crippen molar-refractivity contribution in [1.82, 2.24) is 14.5 Å². The zero-order chi connectivity index (χ0) is 23.1. The van der Waals surface area contributed by atoms with Crippen molar-refractivity contribution in [2.24, 2.45) is 4.99 Å². The Morgan fingerprint density at radius 1 is 1.09 bits per heavy atom. The summed E-state index contributed by atoms with van der Waals surface area (Å²) in [5.41, 5.74) is 2.74. The summed E-state index contributed by atoms with van der Waals surface area (Å²) in [6, 6.07) is 15.0. The molecule has 0 radical (unpaired) electrons. The third-order valence-electron chi connectivity index (χ3n) is 5.47. The van der Waals surface area contributed by atoms with E-state index in [9.17, 15) is 13.2 Å². The molecular weight excluding hydrogens is 448 g/mol. The van der Waals surface area contributed by atoms with Gasteiger partial charge in [0.05, 0.1) is 12.3 Å². The summed E-state index contributed by atoms with van der Waals surface area (Å²) in [5.74, 6) is 0.647. The highest BCUT2D eigenvalue weighted by Crippen LogP contribution is 2.19. The molecule has 0 fully saturated rings. The Hall–Kier alpha value is -2.42. The van der Waals surface area contributed by atoms with Crippen LogP contribution >= 0.6 is 11.6 Å². The van der Waals surface area contributed by atoms with Gasteiger partial charge in [0.1, 0.15) is 5.84 Å². The number of amidine groups is 1. The Bertz CT molecular complexity index is 1070. The molecule has 1 heterocycles. The fourth-order valence-corrected chi connectivity index (χ4v) is 4.86. The highest BCUT2D eigenvalue weighted by molar-refractivity contribution is 7.88. The lowest BCUT2D eigenvalue weighted by Gasteiger charge is -2.21. The third kappa shape index (κ3) is 6.54. The minimum Gasteiger partial charge on any atom is -0.368 e. The van der Waals surface area contributed by atoms with E-state index in [2.05, 4.69) is 10.3 Å². The van der Waals surface area contributed by atoms with E-state index in [0.717, 1.165) is 36.5 Å². The first-order chi connectivity index (χ1) is 15.3. The number of amides is 1. The normalized spacial score (nSPS) is 13.7. The second-order valence-corrected chi connectivity index (χ2v) is 10.3. The topological polar surface area (TPSA) is 82.1 Å². The van der Waals surface area contributed by atoms with Crippen LogP contribution in [0.5, 0.6) is 0 Å². The van der Waals surface area contributed by atoms with Gasteiger partial charge in [-0.05, 0) is 23.6 Å². The SMILES string of the molecule is CN(CCc1ccc(C2=NCCN2)cc1)C(=O)CCN(C)S(=O)(=O)Cc1ccccc1Cl. The summed E-state index contributed by atoms with van der Waals surface area (Å²) in [6.07, 6.45) is 0.849. The molecule has 32 heavy (non-hydrogen) atoms. The van der Waals surface area contributed by atoms with Crippen molar-refractivity contribution in [2.75, 3.05) is 40.3 Å². The van der Waals surface area contributed by atoms with Gasteiger partial charge in [-0.15, -0.1) is 0 Å². The summed E-state index contributed by atoms with van der Waals surface area (Å²) in [7, 11) is -0.328. The summed E-state index contributed by atoms with van der Waals surface area (Å²) in [5, 5.41) is 3.67. The van der Waals surface area contributed by atoms with E-state index in [4.69, 9.17) is 11.6 Å². The van der Waals surface area contributed by atoms with Crippen molar-refractivity contribution in [2.45, 2.75) is 18.6 Å². The Kier molecular flexibility index (Phi) is 8.28. The minimum absolute atomic E-state index is 0.0917. The van der Waals surface area contributed by atoms with Crippen LogP contribution in [-0.4, -0.2) is 69.6 Å². The van der Waals surface area contributed by atoms with Gasteiger partial charge in [-0.1, -0.05) is 54.1 Å². The molecule has 1 aliphatic rings. The van der Waals surface area contributed by atoms with E-state index in [1.807, 2.05) is 24.3 Å². The Labute approximate surface area is 195 Å². The second-order valence-electron chi connectivity index (χ2n) is 7.84. The number of likely N-dealkylation sites (N-methyl/N-ethyl adjacent to an activating group) is 1. The smallest absolute Gasteiger partial charge is 0.223 e. The molecule has 172 valence electrons. The maximum atomic E-state index is 12.6. The van der Waals surface area contributed by atoms with Crippen molar-refractivity contribution in [3.63, 3.8) is 0 Å². The standard InChI is InChI=1S/C23H29ClN4O3S/c1-27(15-11-18-7-9-19(10-8-18)23-25-13-14-26-23)22(29)12-16-28(2)32(30,31)17-20-5-3-4-6-21(20)24/h3-10H,11-17H2,1-2H3,(H,25,26). The third-order valence-corrected chi connectivity index (χ3v) is 7.65. The van der Waals surface area contributed by atoms with Gasteiger partial charge in [0.25, 0.3) is 0 Å². The lowest BCUT2D eigenvalue weighted by molar-refractivity contribution is -0.129. The lowest BCUT2D eigenvalue weighted by atomic mass is 10.1. The van der Waals surface area contributed by atoms with Crippen molar-refractivity contribution in [3.05, 3.63) is 70.2 Å². The molecular formula is C23H29ClN4O3S. The number of hydrogen-bond donors (Lipinski definition) is 1. The number of benzene rings is 2. The molecule has 0 aromatic heterocycles. The molecule has 9 heteroatoms. The molecule has 2 aromatic carbocycles. The molecule has 0 spiro atoms. The van der Waals surface area contributed by atoms with Crippen molar-refractivity contribution >= 4 is 33.4 Å². The molecule has 0 atom stereocenters. The Balaban J connectivity index is 1.45. The average molecular weight is 477 g/mol. The zero-order valence-electron chi connectivity index (χ0n) is 18.4. The molecule has 7 nitrogen and oxygen atoms in total. The first-order valence-corrected chi connectivity index (χ1v) is 12.5. The van der Waals surface area contributed by atoms with Gasteiger partial charge in [0, 0.05) is 50.7 Å². The largest absolute Gasteiger partial charge is 0.368 e. The minimum atomic E-state index is -3.56. The molecule has 3 rings (SSSR count). The Morgan fingerprint density at radius 2 is 1.81 bits per heavy atom. The van der Waals surface area contributed by atoms with Gasteiger partial charge >= 0.3 is 0 Å². The molecule has 2 aromatic rings. The number of halogens is 1. The summed E-state index contributed by atoms with van der Waals surface area (Å²) in [4.78, 5) is 18.6. The van der Waals surface area contributed by atoms with Crippen LogP contribution in [0.25, 0.3) is 0 Å². The van der Waals surface area contributed by atoms with Crippen LogP contribution in [0.4, 0.5) is 0 Å². The van der Waals surface area contributed by atoms with Crippen LogP contribution < -0.4 is 5.32 Å². The van der Waals surface area contributed by atoms with Crippen LogP contribution in [0.1, 0.15) is 23.1 Å². The summed E-state index contributed by atoms with van der Waals surface area (Å²) in [6.45, 7) is 2.37. The van der Waals surface area contributed by atoms with Gasteiger partial charge < -0.3 is 10.2 Å². The summed E-state index contributed by atoms with van der Waals surface area (Å²) >= 11 is 6.08. The first kappa shape index (κ1) is 24.2. The fourth-order valence-electron chi connectivity index (χ4n) is 3.35. The summed E-state index contributed by atoms with van der Waals surface area (Å²) < 4.78 is 26.4. The Morgan fingerprint density at radius 3 is 2.47 bits per heavy atom. The monoisotopic (exact) mass is 476 g/mol. The molecule has 0 aliphatic carbocycles. The molecule has 0 saturated heterocycles. The predicted octanol–water partition coefficient (Wildman–Crippen LogP) is 2.54. The quantitative estimate of drug-likeness (QED) is 0.571. The first-order valence-electron chi connectivity index (χ1n) is 10.6. The number of nitrogens with zero attached hydrogens (tertiary/aromatic N) is 3. The number of hydrogen-bond acceptors (Lipinski definition) is 5. The van der Waals surface area contributed by atoms with Crippen molar-refractivity contribution < 1.29 is 13.2 Å². The van der Waals surface area contributed by atoms with E-state index in [0.29, 0.717) is 17.1 Å². The van der Waals surface area contributed by atoms with Crippen LogP contribution in [0, 0.1) is 0 Å². The van der Waals surface area contributed by atoms with Crippen LogP contribution in [0.15, 0.2) is 53.5 Å². The van der Waals surface area contributed by atoms with Gasteiger partial charge in [0.15, 0.2) is 0 Å². The van der Waals surface area contributed by atoms with E-state index >= 15 is 0 Å². The maximum Gasteiger partial charge on any atom is 0.223 e. The molecule has 0 saturated carbocycles. The zero-order valence-corrected chi connectivity index (χ0v) is 20.0. The van der Waals surface area contributed by atoms with E-state index < -0.39 is 10.0 Å². The van der Waals surface area contributed by atoms with Gasteiger partial charge in [-0.3, -0.25) is 9.79 Å². The number of sulfonamides is 1. The molecule has 1 aliphatic heterocycles.